The molecule has 6 nitrogen and oxygen atoms in total. The van der Waals surface area contributed by atoms with Crippen molar-refractivity contribution in [1.82, 2.24) is 0 Å². The zero-order valence-electron chi connectivity index (χ0n) is 47.2. The van der Waals surface area contributed by atoms with Crippen molar-refractivity contribution in [3.8, 4) is 0 Å². The largest absolute Gasteiger partial charge is 0.462 e. The van der Waals surface area contributed by atoms with E-state index in [0.29, 0.717) is 19.3 Å². The maximum atomic E-state index is 12.8. The molecule has 0 spiro atoms. The van der Waals surface area contributed by atoms with Gasteiger partial charge in [0.1, 0.15) is 13.2 Å². The first-order chi connectivity index (χ1) is 35.0. The highest BCUT2D eigenvalue weighted by Crippen LogP contribution is 2.16. The van der Waals surface area contributed by atoms with Crippen molar-refractivity contribution >= 4 is 17.9 Å². The molecule has 0 heterocycles. The number of unbranched alkanes of at least 4 members (excludes halogenated alkanes) is 35. The number of allylic oxidation sites excluding steroid dienone is 10. The Hall–Kier alpha value is -2.89. The van der Waals surface area contributed by atoms with E-state index in [2.05, 4.69) is 81.5 Å². The van der Waals surface area contributed by atoms with E-state index in [-0.39, 0.29) is 31.1 Å². The fourth-order valence-corrected chi connectivity index (χ4v) is 8.82. The molecule has 0 bridgehead atoms. The van der Waals surface area contributed by atoms with Crippen molar-refractivity contribution in [1.29, 1.82) is 0 Å². The molecule has 0 aliphatic rings. The van der Waals surface area contributed by atoms with Gasteiger partial charge in [0.15, 0.2) is 6.10 Å². The van der Waals surface area contributed by atoms with Crippen LogP contribution in [0.25, 0.3) is 0 Å². The fourth-order valence-electron chi connectivity index (χ4n) is 8.82. The van der Waals surface area contributed by atoms with Crippen LogP contribution in [0.2, 0.25) is 0 Å². The van der Waals surface area contributed by atoms with Crippen LogP contribution >= 0.6 is 0 Å². The van der Waals surface area contributed by atoms with Crippen LogP contribution in [0.1, 0.15) is 316 Å². The van der Waals surface area contributed by atoms with Crippen LogP contribution in [0.3, 0.4) is 0 Å². The molecule has 0 saturated heterocycles. The van der Waals surface area contributed by atoms with Gasteiger partial charge in [-0.3, -0.25) is 14.4 Å². The number of carbonyl (C=O) groups excluding carboxylic acids is 3. The minimum Gasteiger partial charge on any atom is -0.462 e. The Morgan fingerprint density at radius 2 is 0.521 bits per heavy atom. The van der Waals surface area contributed by atoms with Crippen molar-refractivity contribution in [3.63, 3.8) is 0 Å². The monoisotopic (exact) mass is 993 g/mol. The summed E-state index contributed by atoms with van der Waals surface area (Å²) in [5, 5.41) is 0. The molecule has 0 rings (SSSR count). The van der Waals surface area contributed by atoms with Crippen LogP contribution in [0.4, 0.5) is 0 Å². The zero-order chi connectivity index (χ0) is 51.4. The SMILES string of the molecule is CCCC/C=C\C/C=C\CCCCCCCC(=O)OC(COC(=O)CCCCCCCCCCCCCC)COC(=O)CCCCCCCCCCCCCC/C=C\C/C=C\C/C=C\CCCCCCC. The highest BCUT2D eigenvalue weighted by atomic mass is 16.6. The quantitative estimate of drug-likeness (QED) is 0.0261. The normalized spacial score (nSPS) is 12.4. The average molecular weight is 994 g/mol. The molecule has 71 heavy (non-hydrogen) atoms. The summed E-state index contributed by atoms with van der Waals surface area (Å²) in [7, 11) is 0. The maximum Gasteiger partial charge on any atom is 0.306 e. The van der Waals surface area contributed by atoms with Crippen molar-refractivity contribution in [2.45, 2.75) is 322 Å². The molecule has 0 aromatic carbocycles. The van der Waals surface area contributed by atoms with Gasteiger partial charge in [-0.2, -0.15) is 0 Å². The molecular weight excluding hydrogens is 877 g/mol. The van der Waals surface area contributed by atoms with Gasteiger partial charge in [0, 0.05) is 19.3 Å². The fraction of sp³-hybridized carbons (Fsp3) is 0.800. The van der Waals surface area contributed by atoms with Crippen LogP contribution in [-0.2, 0) is 28.6 Å². The lowest BCUT2D eigenvalue weighted by atomic mass is 10.0. The zero-order valence-corrected chi connectivity index (χ0v) is 47.2. The van der Waals surface area contributed by atoms with E-state index < -0.39 is 6.10 Å². The molecule has 0 N–H and O–H groups in total. The van der Waals surface area contributed by atoms with Gasteiger partial charge in [0.25, 0.3) is 0 Å². The first kappa shape index (κ1) is 68.1. The molecule has 412 valence electrons. The van der Waals surface area contributed by atoms with Crippen molar-refractivity contribution in [2.75, 3.05) is 13.2 Å². The molecule has 1 unspecified atom stereocenters. The second-order valence-corrected chi connectivity index (χ2v) is 20.6. The molecule has 0 aromatic rings. The van der Waals surface area contributed by atoms with Gasteiger partial charge in [0.05, 0.1) is 0 Å². The Morgan fingerprint density at radius 1 is 0.282 bits per heavy atom. The Kier molecular flexibility index (Phi) is 57.2. The molecule has 0 saturated carbocycles. The number of hydrogen-bond donors (Lipinski definition) is 0. The summed E-state index contributed by atoms with van der Waals surface area (Å²) in [6.07, 6.45) is 75.1. The van der Waals surface area contributed by atoms with Crippen molar-refractivity contribution in [3.05, 3.63) is 60.8 Å². The Bertz CT molecular complexity index is 1280. The first-order valence-corrected chi connectivity index (χ1v) is 30.8. The van der Waals surface area contributed by atoms with Crippen LogP contribution < -0.4 is 0 Å². The maximum absolute atomic E-state index is 12.8. The molecule has 1 atom stereocenters. The van der Waals surface area contributed by atoms with Gasteiger partial charge < -0.3 is 14.2 Å². The second-order valence-electron chi connectivity index (χ2n) is 20.6. The van der Waals surface area contributed by atoms with Gasteiger partial charge >= 0.3 is 17.9 Å². The van der Waals surface area contributed by atoms with Crippen LogP contribution in [0, 0.1) is 0 Å². The molecule has 0 fully saturated rings. The molecule has 0 aliphatic carbocycles. The van der Waals surface area contributed by atoms with Crippen molar-refractivity contribution in [2.24, 2.45) is 0 Å². The summed E-state index contributed by atoms with van der Waals surface area (Å²) >= 11 is 0. The minimum absolute atomic E-state index is 0.0773. The standard InChI is InChI=1S/C65H116O6/c1-4-7-10-13-16-19-22-25-27-28-29-30-31-32-33-34-35-36-37-38-39-41-43-46-49-52-55-58-64(67)70-61-62(60-69-63(66)57-54-51-48-45-42-24-21-18-15-12-9-6-3)71-65(68)59-56-53-50-47-44-40-26-23-20-17-14-11-8-5-2/h14,17,22-23,25-26,28-29,31-32,62H,4-13,15-16,18-21,24,27,30,33-61H2,1-3H3/b17-14-,25-22-,26-23-,29-28-,32-31-. The third-order valence-electron chi connectivity index (χ3n) is 13.5. The van der Waals surface area contributed by atoms with E-state index in [1.807, 2.05) is 0 Å². The lowest BCUT2D eigenvalue weighted by molar-refractivity contribution is -0.167. The third-order valence-corrected chi connectivity index (χ3v) is 13.5. The summed E-state index contributed by atoms with van der Waals surface area (Å²) in [6, 6.07) is 0. The van der Waals surface area contributed by atoms with Crippen LogP contribution in [0.5, 0.6) is 0 Å². The topological polar surface area (TPSA) is 78.9 Å². The summed E-state index contributed by atoms with van der Waals surface area (Å²) < 4.78 is 16.9. The molecule has 6 heteroatoms. The van der Waals surface area contributed by atoms with Gasteiger partial charge in [-0.15, -0.1) is 0 Å². The average Bonchev–Trinajstić information content (AvgIpc) is 3.37. The number of ether oxygens (including phenoxy) is 3. The summed E-state index contributed by atoms with van der Waals surface area (Å²) in [5.41, 5.74) is 0. The predicted octanol–water partition coefficient (Wildman–Crippen LogP) is 20.8. The van der Waals surface area contributed by atoms with E-state index in [0.717, 1.165) is 96.3 Å². The summed E-state index contributed by atoms with van der Waals surface area (Å²) in [5.74, 6) is -0.880. The third kappa shape index (κ3) is 57.9. The minimum atomic E-state index is -0.780. The van der Waals surface area contributed by atoms with Gasteiger partial charge in [-0.25, -0.2) is 0 Å². The molecule has 0 aliphatic heterocycles. The second kappa shape index (κ2) is 59.7. The number of esters is 3. The van der Waals surface area contributed by atoms with Gasteiger partial charge in [0.2, 0.25) is 0 Å². The van der Waals surface area contributed by atoms with Gasteiger partial charge in [-0.05, 0) is 83.5 Å². The number of rotatable bonds is 56. The Labute approximate surface area is 440 Å². The van der Waals surface area contributed by atoms with Crippen LogP contribution in [-0.4, -0.2) is 37.2 Å². The van der Waals surface area contributed by atoms with Gasteiger partial charge in [-0.1, -0.05) is 274 Å². The summed E-state index contributed by atoms with van der Waals surface area (Å²) in [4.78, 5) is 38.2. The lowest BCUT2D eigenvalue weighted by Crippen LogP contribution is -2.30. The van der Waals surface area contributed by atoms with Crippen LogP contribution in [0.15, 0.2) is 60.8 Å². The van der Waals surface area contributed by atoms with Crippen molar-refractivity contribution < 1.29 is 28.6 Å². The Morgan fingerprint density at radius 3 is 0.831 bits per heavy atom. The van der Waals surface area contributed by atoms with E-state index in [9.17, 15) is 14.4 Å². The lowest BCUT2D eigenvalue weighted by Gasteiger charge is -2.18. The molecule has 0 aromatic heterocycles. The number of carbonyl (C=O) groups is 3. The smallest absolute Gasteiger partial charge is 0.306 e. The molecule has 0 radical (unpaired) electrons. The Balaban J connectivity index is 4.22. The van der Waals surface area contributed by atoms with E-state index >= 15 is 0 Å². The van der Waals surface area contributed by atoms with E-state index in [1.165, 1.54) is 180 Å². The number of hydrogen-bond acceptors (Lipinski definition) is 6. The highest BCUT2D eigenvalue weighted by Gasteiger charge is 2.19. The molecule has 0 amide bonds. The summed E-state index contributed by atoms with van der Waals surface area (Å²) in [6.45, 7) is 6.60. The van der Waals surface area contributed by atoms with E-state index in [1.54, 1.807) is 0 Å². The van der Waals surface area contributed by atoms with E-state index in [4.69, 9.17) is 14.2 Å². The first-order valence-electron chi connectivity index (χ1n) is 30.8. The molecular formula is C65H116O6. The predicted molar refractivity (Wildman–Crippen MR) is 307 cm³/mol. The highest BCUT2D eigenvalue weighted by molar-refractivity contribution is 5.71.